The van der Waals surface area contributed by atoms with Crippen molar-refractivity contribution in [3.63, 3.8) is 0 Å². The van der Waals surface area contributed by atoms with Gasteiger partial charge in [-0.05, 0) is 144 Å². The molecule has 0 amide bonds. The number of ketones is 4. The van der Waals surface area contributed by atoms with Crippen molar-refractivity contribution < 1.29 is 117 Å². The predicted molar refractivity (Wildman–Crippen MR) is 280 cm³/mol. The fourth-order valence-electron chi connectivity index (χ4n) is 17.7. The number of fused-ring (bicyclic) bond motifs is 8. The third-order valence-electron chi connectivity index (χ3n) is 22.2. The number of allylic oxidation sites excluding steroid dienone is 2. The Balaban J connectivity index is 0.00000706. The standard InChI is InChI=1S/C56H70O15S4.K/c1-49(2)41-17-21-53(49,29-72(61,62)63)45(57)37(41)25-33-9-13-35(14-10-33)27-39-43-19-23-55(47(39)59,51(43,5)6)31-74(67,68)71-75(69,70)32-56-24-20-44(52(56,7)8)40(48(56)60)28-36-15-11-34(12-16-36)26-38-42-18-22-54(46(38)58,50(42,3)4)30-73(64,65)66;/h9-16,25,27,38,40-44H,17-24,26,28-32H2,1-8H3,(H,61,62,63)(H,64,65,66);/q;+1/b37-25?,39-27+;. The molecular weight excluding hydrogens is 1080 g/mol. The number of hydrogen-bond acceptors (Lipinski definition) is 13. The van der Waals surface area contributed by atoms with Gasteiger partial charge < -0.3 is 0 Å². The summed E-state index contributed by atoms with van der Waals surface area (Å²) in [5.41, 5.74) is -4.25. The average molecular weight is 1150 g/mol. The van der Waals surface area contributed by atoms with Crippen molar-refractivity contribution in [2.45, 2.75) is 120 Å². The number of hydrogen-bond donors (Lipinski definition) is 2. The summed E-state index contributed by atoms with van der Waals surface area (Å²) >= 11 is 0. The summed E-state index contributed by atoms with van der Waals surface area (Å²) in [6.07, 6.45) is 7.78. The van der Waals surface area contributed by atoms with Crippen molar-refractivity contribution in [2.24, 2.45) is 78.8 Å². The number of rotatable bonds is 16. The van der Waals surface area contributed by atoms with Crippen LogP contribution in [0.15, 0.2) is 59.7 Å². The second kappa shape index (κ2) is 18.5. The second-order valence-electron chi connectivity index (χ2n) is 26.3. The van der Waals surface area contributed by atoms with Crippen LogP contribution >= 0.6 is 0 Å². The molecule has 2 N–H and O–H groups in total. The minimum atomic E-state index is -4.92. The van der Waals surface area contributed by atoms with Gasteiger partial charge in [0.2, 0.25) is 0 Å². The van der Waals surface area contributed by atoms with Crippen molar-refractivity contribution in [2.75, 3.05) is 23.0 Å². The number of Topliss-reactive ketones (excluding diaryl/α,β-unsaturated/α-hetero) is 4. The minimum Gasteiger partial charge on any atom is -0.299 e. The Bertz CT molecular complexity index is 3380. The Labute approximate surface area is 491 Å². The zero-order chi connectivity index (χ0) is 54.9. The van der Waals surface area contributed by atoms with Gasteiger partial charge in [0.15, 0.2) is 11.6 Å². The molecule has 0 saturated heterocycles. The zero-order valence-corrected chi connectivity index (χ0v) is 51.4. The fourth-order valence-corrected chi connectivity index (χ4v) is 24.4. The zero-order valence-electron chi connectivity index (χ0n) is 45.0. The maximum atomic E-state index is 14.6. The Morgan fingerprint density at radius 2 is 0.789 bits per heavy atom. The smallest absolute Gasteiger partial charge is 0.299 e. The van der Waals surface area contributed by atoms with Crippen molar-refractivity contribution in [1.29, 1.82) is 0 Å². The first-order chi connectivity index (χ1) is 34.4. The van der Waals surface area contributed by atoms with E-state index in [1.54, 1.807) is 36.4 Å². The van der Waals surface area contributed by atoms with Gasteiger partial charge >= 0.3 is 51.4 Å². The topological polar surface area (TPSA) is 255 Å². The van der Waals surface area contributed by atoms with Gasteiger partial charge in [0.1, 0.15) is 11.6 Å². The first kappa shape index (κ1) is 58.6. The molecule has 8 fully saturated rings. The molecule has 0 heterocycles. The van der Waals surface area contributed by atoms with Crippen LogP contribution in [0.1, 0.15) is 129 Å². The van der Waals surface area contributed by atoms with Gasteiger partial charge in [0.25, 0.3) is 40.5 Å². The van der Waals surface area contributed by atoms with E-state index in [-0.39, 0.29) is 105 Å². The van der Waals surface area contributed by atoms with Crippen molar-refractivity contribution in [3.8, 4) is 0 Å². The van der Waals surface area contributed by atoms with Crippen molar-refractivity contribution >= 4 is 75.8 Å². The van der Waals surface area contributed by atoms with E-state index in [0.717, 1.165) is 11.1 Å². The average Bonchev–Trinajstić information content (AvgIpc) is 4.00. The second-order valence-corrected chi connectivity index (χ2v) is 32.6. The van der Waals surface area contributed by atoms with E-state index in [0.29, 0.717) is 73.6 Å². The van der Waals surface area contributed by atoms with Gasteiger partial charge in [-0.1, -0.05) is 104 Å². The van der Waals surface area contributed by atoms with Crippen LogP contribution in [-0.4, -0.2) is 88.9 Å². The quantitative estimate of drug-likeness (QED) is 0.128. The Morgan fingerprint density at radius 3 is 1.16 bits per heavy atom. The molecule has 408 valence electrons. The van der Waals surface area contributed by atoms with Crippen LogP contribution in [0.4, 0.5) is 0 Å². The molecular formula is C56H70KO15S4+. The molecule has 8 aliphatic carbocycles. The van der Waals surface area contributed by atoms with Gasteiger partial charge in [0, 0.05) is 23.0 Å². The van der Waals surface area contributed by atoms with Crippen LogP contribution in [0.5, 0.6) is 0 Å². The molecule has 0 radical (unpaired) electrons. The Kier molecular flexibility index (Phi) is 14.2. The molecule has 15 nitrogen and oxygen atoms in total. The third-order valence-corrected chi connectivity index (χ3v) is 27.2. The van der Waals surface area contributed by atoms with Crippen molar-refractivity contribution in [3.05, 3.63) is 81.9 Å². The van der Waals surface area contributed by atoms with E-state index in [4.69, 9.17) is 3.63 Å². The van der Waals surface area contributed by atoms with E-state index in [2.05, 4.69) is 0 Å². The van der Waals surface area contributed by atoms with Gasteiger partial charge in [-0.2, -0.15) is 33.7 Å². The first-order valence-electron chi connectivity index (χ1n) is 26.3. The van der Waals surface area contributed by atoms with Gasteiger partial charge in [0.05, 0.1) is 44.7 Å². The number of carbonyl (C=O) groups is 4. The molecule has 2 aromatic carbocycles. The predicted octanol–water partition coefficient (Wildman–Crippen LogP) is 4.95. The normalized spacial score (nSPS) is 36.6. The van der Waals surface area contributed by atoms with Gasteiger partial charge in [-0.3, -0.25) is 28.3 Å². The molecule has 8 aliphatic rings. The minimum absolute atomic E-state index is 0. The first-order valence-corrected chi connectivity index (χ1v) is 32.6. The molecule has 0 spiro atoms. The largest absolute Gasteiger partial charge is 1.00 e. The summed E-state index contributed by atoms with van der Waals surface area (Å²) in [6, 6.07) is 14.7. The molecule has 10 unspecified atom stereocenters. The summed E-state index contributed by atoms with van der Waals surface area (Å²) in [7, 11) is -18.6. The number of benzene rings is 2. The van der Waals surface area contributed by atoms with Gasteiger partial charge in [-0.25, -0.2) is 0 Å². The maximum Gasteiger partial charge on any atom is 1.00 e. The summed E-state index contributed by atoms with van der Waals surface area (Å²) in [6.45, 7) is 14.9. The van der Waals surface area contributed by atoms with Crippen LogP contribution < -0.4 is 51.4 Å². The molecule has 20 heteroatoms. The van der Waals surface area contributed by atoms with Crippen molar-refractivity contribution in [1.82, 2.24) is 0 Å². The molecule has 8 bridgehead atoms. The van der Waals surface area contributed by atoms with Crippen LogP contribution in [0.3, 0.4) is 0 Å². The molecule has 10 rings (SSSR count). The summed E-state index contributed by atoms with van der Waals surface area (Å²) in [5, 5.41) is 0. The van der Waals surface area contributed by atoms with E-state index >= 15 is 0 Å². The SMILES string of the molecule is CC1(C)C2CCC1(CS(=O)(=O)O)C(=O)C2=Cc1ccc(/C=C2/C(=O)C3(CS(=O)(=O)OS(=O)(=O)CC45CCC(C(Cc6ccc(CC7C(=O)C8(CS(=O)(=O)O)CCC7C8(C)C)cc6)C4=O)C5(C)C)CCC2C3(C)C)cc1.[K+]. The maximum absolute atomic E-state index is 14.6. The van der Waals surface area contributed by atoms with E-state index in [1.807, 2.05) is 79.7 Å². The van der Waals surface area contributed by atoms with E-state index in [9.17, 15) is 62.0 Å². The van der Waals surface area contributed by atoms with Gasteiger partial charge in [-0.15, -0.1) is 3.63 Å². The molecule has 76 heavy (non-hydrogen) atoms. The molecule has 0 aliphatic heterocycles. The molecule has 2 aromatic rings. The summed E-state index contributed by atoms with van der Waals surface area (Å²) in [4.78, 5) is 56.7. The molecule has 0 aromatic heterocycles. The summed E-state index contributed by atoms with van der Waals surface area (Å²) < 4.78 is 129. The third kappa shape index (κ3) is 8.70. The number of carbonyl (C=O) groups excluding carboxylic acids is 4. The van der Waals surface area contributed by atoms with Crippen LogP contribution in [0.25, 0.3) is 12.2 Å². The fraction of sp³-hybridized carbons (Fsp3) is 0.643. The van der Waals surface area contributed by atoms with E-state index < -0.39 is 124 Å². The van der Waals surface area contributed by atoms with E-state index in [1.165, 1.54) is 0 Å². The summed E-state index contributed by atoms with van der Waals surface area (Å²) in [5.74, 6) is -5.68. The van der Waals surface area contributed by atoms with Crippen LogP contribution in [0.2, 0.25) is 0 Å². The molecule has 10 atom stereocenters. The monoisotopic (exact) mass is 1150 g/mol. The van der Waals surface area contributed by atoms with Crippen LogP contribution in [0, 0.1) is 78.8 Å². The van der Waals surface area contributed by atoms with Crippen LogP contribution in [-0.2, 0) is 76.1 Å². The molecule has 8 saturated carbocycles. The Hall–Kier alpha value is -2.08. The Morgan fingerprint density at radius 1 is 0.474 bits per heavy atom.